The van der Waals surface area contributed by atoms with Crippen LogP contribution in [-0.2, 0) is 18.8 Å². The normalized spacial score (nSPS) is 15.2. The summed E-state index contributed by atoms with van der Waals surface area (Å²) >= 11 is 0. The molecule has 0 spiro atoms. The fourth-order valence-electron chi connectivity index (χ4n) is 1.85. The molecule has 1 saturated heterocycles. The van der Waals surface area contributed by atoms with Crippen LogP contribution in [0.15, 0.2) is 42.7 Å². The van der Waals surface area contributed by atoms with E-state index in [2.05, 4.69) is 6.58 Å². The Hall–Kier alpha value is -2.57. The number of ether oxygens (including phenoxy) is 1. The van der Waals surface area contributed by atoms with Crippen molar-refractivity contribution < 1.29 is 28.4 Å². The average molecular weight is 302 g/mol. The van der Waals surface area contributed by atoms with Crippen LogP contribution in [0.5, 0.6) is 0 Å². The molecular formula is C15H15BO6. The molecule has 22 heavy (non-hydrogen) atoms. The zero-order valence-corrected chi connectivity index (χ0v) is 11.9. The lowest BCUT2D eigenvalue weighted by atomic mass is 9.89. The molecule has 2 rings (SSSR count). The third-order valence-corrected chi connectivity index (χ3v) is 2.98. The van der Waals surface area contributed by atoms with Gasteiger partial charge in [0.1, 0.15) is 0 Å². The molecule has 1 heterocycles. The molecule has 0 aromatic heterocycles. The van der Waals surface area contributed by atoms with E-state index >= 15 is 0 Å². The van der Waals surface area contributed by atoms with Crippen LogP contribution in [-0.4, -0.2) is 31.3 Å². The number of Topliss-reactive ketones (excluding diaryl/α,β-unsaturated/α-hetero) is 1. The summed E-state index contributed by atoms with van der Waals surface area (Å²) in [6.07, 6.45) is 1.18. The highest BCUT2D eigenvalue weighted by Crippen LogP contribution is 2.15. The predicted molar refractivity (Wildman–Crippen MR) is 78.0 cm³/mol. The maximum atomic E-state index is 11.9. The molecule has 1 aliphatic rings. The SMILES string of the molecule is C=C1CCCC(=O)OB(C(=O)OCC(=O)c2ccccc2)O1. The summed E-state index contributed by atoms with van der Waals surface area (Å²) < 4.78 is 14.9. The number of hydrogen-bond donors (Lipinski definition) is 0. The Morgan fingerprint density at radius 1 is 1.18 bits per heavy atom. The average Bonchev–Trinajstić information content (AvgIpc) is 2.50. The molecule has 1 aromatic rings. The van der Waals surface area contributed by atoms with E-state index in [0.717, 1.165) is 0 Å². The monoisotopic (exact) mass is 302 g/mol. The van der Waals surface area contributed by atoms with Crippen molar-refractivity contribution in [2.45, 2.75) is 19.3 Å². The van der Waals surface area contributed by atoms with Crippen molar-refractivity contribution in [3.05, 3.63) is 48.2 Å². The van der Waals surface area contributed by atoms with E-state index in [-0.39, 0.29) is 12.2 Å². The fourth-order valence-corrected chi connectivity index (χ4v) is 1.85. The van der Waals surface area contributed by atoms with Crippen LogP contribution in [0.1, 0.15) is 29.6 Å². The van der Waals surface area contributed by atoms with Crippen LogP contribution in [0.3, 0.4) is 0 Å². The number of hydrogen-bond acceptors (Lipinski definition) is 6. The smallest absolute Gasteiger partial charge is 0.522 e. The molecule has 0 bridgehead atoms. The summed E-state index contributed by atoms with van der Waals surface area (Å²) in [5, 5.41) is 0. The van der Waals surface area contributed by atoms with Crippen molar-refractivity contribution in [1.29, 1.82) is 0 Å². The molecule has 7 heteroatoms. The van der Waals surface area contributed by atoms with Gasteiger partial charge in [-0.1, -0.05) is 36.9 Å². The van der Waals surface area contributed by atoms with E-state index in [1.54, 1.807) is 30.3 Å². The van der Waals surface area contributed by atoms with Crippen LogP contribution < -0.4 is 0 Å². The molecule has 6 nitrogen and oxygen atoms in total. The zero-order valence-electron chi connectivity index (χ0n) is 11.9. The van der Waals surface area contributed by atoms with Gasteiger partial charge in [-0.15, -0.1) is 0 Å². The van der Waals surface area contributed by atoms with Crippen LogP contribution in [0.4, 0.5) is 4.79 Å². The minimum atomic E-state index is -1.51. The van der Waals surface area contributed by atoms with Crippen molar-refractivity contribution in [2.24, 2.45) is 0 Å². The Morgan fingerprint density at radius 2 is 1.91 bits per heavy atom. The van der Waals surface area contributed by atoms with E-state index < -0.39 is 25.6 Å². The highest BCUT2D eigenvalue weighted by molar-refractivity contribution is 6.80. The minimum Gasteiger partial charge on any atom is -0.522 e. The Morgan fingerprint density at radius 3 is 2.64 bits per heavy atom. The second-order valence-corrected chi connectivity index (χ2v) is 4.73. The molecule has 1 aromatic carbocycles. The second kappa shape index (κ2) is 7.45. The maximum absolute atomic E-state index is 11.9. The molecule has 0 N–H and O–H groups in total. The van der Waals surface area contributed by atoms with Gasteiger partial charge in [0, 0.05) is 18.4 Å². The summed E-state index contributed by atoms with van der Waals surface area (Å²) in [6, 6.07) is 8.42. The lowest BCUT2D eigenvalue weighted by Crippen LogP contribution is -2.37. The number of benzene rings is 1. The molecule has 1 fully saturated rings. The number of ketones is 1. The maximum Gasteiger partial charge on any atom is 0.718 e. The van der Waals surface area contributed by atoms with E-state index in [1.165, 1.54) is 0 Å². The quantitative estimate of drug-likeness (QED) is 0.627. The van der Waals surface area contributed by atoms with Gasteiger partial charge in [0.25, 0.3) is 5.97 Å². The van der Waals surface area contributed by atoms with Gasteiger partial charge in [-0.2, -0.15) is 0 Å². The first kappa shape index (κ1) is 15.8. The number of carbonyl (C=O) groups excluding carboxylic acids is 3. The molecule has 0 aliphatic carbocycles. The van der Waals surface area contributed by atoms with E-state index in [0.29, 0.717) is 24.2 Å². The lowest BCUT2D eigenvalue weighted by Gasteiger charge is -2.18. The summed E-state index contributed by atoms with van der Waals surface area (Å²) in [6.45, 7) is 3.18. The Labute approximate surface area is 128 Å². The first-order valence-corrected chi connectivity index (χ1v) is 6.85. The predicted octanol–water partition coefficient (Wildman–Crippen LogP) is 2.33. The minimum absolute atomic E-state index is 0.176. The third kappa shape index (κ3) is 4.48. The van der Waals surface area contributed by atoms with Crippen LogP contribution in [0.2, 0.25) is 0 Å². The molecule has 1 aliphatic heterocycles. The molecule has 0 atom stereocenters. The van der Waals surface area contributed by atoms with Crippen LogP contribution in [0.25, 0.3) is 0 Å². The van der Waals surface area contributed by atoms with Crippen LogP contribution in [0, 0.1) is 0 Å². The number of carbonyl (C=O) groups is 3. The molecular weight excluding hydrogens is 287 g/mol. The summed E-state index contributed by atoms with van der Waals surface area (Å²) in [5.74, 6) is -1.50. The molecule has 0 saturated carbocycles. The van der Waals surface area contributed by atoms with Crippen molar-refractivity contribution >= 4 is 24.7 Å². The van der Waals surface area contributed by atoms with E-state index in [9.17, 15) is 14.4 Å². The highest BCUT2D eigenvalue weighted by Gasteiger charge is 2.39. The van der Waals surface area contributed by atoms with Gasteiger partial charge in [-0.25, -0.2) is 0 Å². The van der Waals surface area contributed by atoms with Gasteiger partial charge in [-0.05, 0) is 6.42 Å². The first-order chi connectivity index (χ1) is 10.6. The second-order valence-electron chi connectivity index (χ2n) is 4.73. The Kier molecular flexibility index (Phi) is 5.35. The topological polar surface area (TPSA) is 78.9 Å². The van der Waals surface area contributed by atoms with Crippen LogP contribution >= 0.6 is 0 Å². The Bertz CT molecular complexity index is 565. The van der Waals surface area contributed by atoms with Gasteiger partial charge in [-0.3, -0.25) is 14.4 Å². The van der Waals surface area contributed by atoms with Crippen molar-refractivity contribution in [3.8, 4) is 0 Å². The van der Waals surface area contributed by atoms with Crippen molar-refractivity contribution in [2.75, 3.05) is 6.61 Å². The standard InChI is InChI=1S/C15H15BO6/c1-11-6-5-9-14(18)22-16(21-11)15(19)20-10-13(17)12-7-3-2-4-8-12/h2-4,7-8H,1,5-6,9-10H2. The van der Waals surface area contributed by atoms with E-state index in [4.69, 9.17) is 14.0 Å². The molecule has 114 valence electrons. The van der Waals surface area contributed by atoms with Crippen molar-refractivity contribution in [1.82, 2.24) is 0 Å². The van der Waals surface area contributed by atoms with E-state index in [1.807, 2.05) is 0 Å². The summed E-state index contributed by atoms with van der Waals surface area (Å²) in [4.78, 5) is 35.1. The number of rotatable bonds is 4. The molecule has 0 radical (unpaired) electrons. The Balaban J connectivity index is 1.91. The fraction of sp³-hybridized carbons (Fsp3) is 0.267. The summed E-state index contributed by atoms with van der Waals surface area (Å²) in [5.41, 5.74) is 0.426. The first-order valence-electron chi connectivity index (χ1n) is 6.85. The number of allylic oxidation sites excluding steroid dienone is 1. The van der Waals surface area contributed by atoms with Gasteiger partial charge in [0.2, 0.25) is 0 Å². The van der Waals surface area contributed by atoms with Gasteiger partial charge < -0.3 is 14.0 Å². The van der Waals surface area contributed by atoms with Gasteiger partial charge >= 0.3 is 13.0 Å². The molecule has 0 unspecified atom stereocenters. The zero-order chi connectivity index (χ0) is 15.9. The lowest BCUT2D eigenvalue weighted by molar-refractivity contribution is -0.136. The third-order valence-electron chi connectivity index (χ3n) is 2.98. The van der Waals surface area contributed by atoms with Crippen molar-refractivity contribution in [3.63, 3.8) is 0 Å². The highest BCUT2D eigenvalue weighted by atomic mass is 16.6. The molecule has 0 amide bonds. The van der Waals surface area contributed by atoms with Gasteiger partial charge in [0.05, 0.1) is 5.76 Å². The largest absolute Gasteiger partial charge is 0.718 e. The van der Waals surface area contributed by atoms with Gasteiger partial charge in [0.15, 0.2) is 12.4 Å². The summed E-state index contributed by atoms with van der Waals surface area (Å²) in [7, 11) is -1.51.